The van der Waals surface area contributed by atoms with Gasteiger partial charge >= 0.3 is 0 Å². The Morgan fingerprint density at radius 1 is 1.32 bits per heavy atom. The number of benzene rings is 1. The van der Waals surface area contributed by atoms with Crippen LogP contribution < -0.4 is 10.9 Å². The topological polar surface area (TPSA) is 64.0 Å². The SMILES string of the molecule is Cc1cccc(NC(=O)CSc2nc3sc(C)c(C)c3c(=O)n2C)c1. The lowest BCUT2D eigenvalue weighted by Crippen LogP contribution is -2.21. The van der Waals surface area contributed by atoms with Crippen LogP contribution in [0.2, 0.25) is 0 Å². The van der Waals surface area contributed by atoms with E-state index in [9.17, 15) is 9.59 Å². The molecule has 0 saturated carbocycles. The molecule has 2 heterocycles. The highest BCUT2D eigenvalue weighted by Gasteiger charge is 2.15. The lowest BCUT2D eigenvalue weighted by atomic mass is 10.2. The molecule has 130 valence electrons. The van der Waals surface area contributed by atoms with Crippen molar-refractivity contribution in [3.05, 3.63) is 50.6 Å². The minimum Gasteiger partial charge on any atom is -0.325 e. The van der Waals surface area contributed by atoms with Crippen LogP contribution >= 0.6 is 23.1 Å². The first-order valence-corrected chi connectivity index (χ1v) is 9.63. The Morgan fingerprint density at radius 3 is 2.80 bits per heavy atom. The number of rotatable bonds is 4. The maximum atomic E-state index is 12.6. The highest BCUT2D eigenvalue weighted by atomic mass is 32.2. The van der Waals surface area contributed by atoms with E-state index >= 15 is 0 Å². The fourth-order valence-electron chi connectivity index (χ4n) is 2.54. The average molecular weight is 374 g/mol. The zero-order valence-electron chi connectivity index (χ0n) is 14.5. The third kappa shape index (κ3) is 3.62. The van der Waals surface area contributed by atoms with Crippen LogP contribution in [0, 0.1) is 20.8 Å². The molecule has 0 radical (unpaired) electrons. The van der Waals surface area contributed by atoms with Crippen molar-refractivity contribution in [3.8, 4) is 0 Å². The number of nitrogens with zero attached hydrogens (tertiary/aromatic N) is 2. The monoisotopic (exact) mass is 373 g/mol. The summed E-state index contributed by atoms with van der Waals surface area (Å²) in [5.74, 6) is 0.0757. The van der Waals surface area contributed by atoms with E-state index in [2.05, 4.69) is 10.3 Å². The molecule has 0 unspecified atom stereocenters. The number of hydrogen-bond donors (Lipinski definition) is 1. The number of amides is 1. The zero-order valence-corrected chi connectivity index (χ0v) is 16.2. The van der Waals surface area contributed by atoms with Crippen LogP contribution in [-0.2, 0) is 11.8 Å². The van der Waals surface area contributed by atoms with Crippen LogP contribution in [0.5, 0.6) is 0 Å². The van der Waals surface area contributed by atoms with Gasteiger partial charge < -0.3 is 5.32 Å². The van der Waals surface area contributed by atoms with E-state index in [1.807, 2.05) is 45.0 Å². The van der Waals surface area contributed by atoms with E-state index in [0.29, 0.717) is 10.5 Å². The van der Waals surface area contributed by atoms with Crippen molar-refractivity contribution >= 4 is 44.9 Å². The molecule has 7 heteroatoms. The standard InChI is InChI=1S/C18H19N3O2S2/c1-10-6-5-7-13(8-10)19-14(22)9-24-18-20-16-15(17(23)21(18)4)11(2)12(3)25-16/h5-8H,9H2,1-4H3,(H,19,22). The molecule has 25 heavy (non-hydrogen) atoms. The molecule has 3 rings (SSSR count). The second kappa shape index (κ2) is 7.01. The Morgan fingerprint density at radius 2 is 2.08 bits per heavy atom. The van der Waals surface area contributed by atoms with E-state index in [1.165, 1.54) is 27.7 Å². The van der Waals surface area contributed by atoms with Gasteiger partial charge in [0.05, 0.1) is 11.1 Å². The largest absolute Gasteiger partial charge is 0.325 e. The molecule has 0 aliphatic carbocycles. The Bertz CT molecular complexity index is 1020. The molecule has 3 aromatic rings. The molecule has 2 aromatic heterocycles. The van der Waals surface area contributed by atoms with Gasteiger partial charge in [0, 0.05) is 17.6 Å². The maximum absolute atomic E-state index is 12.6. The van der Waals surface area contributed by atoms with Crippen LogP contribution in [0.25, 0.3) is 10.2 Å². The highest BCUT2D eigenvalue weighted by molar-refractivity contribution is 7.99. The van der Waals surface area contributed by atoms with E-state index in [4.69, 9.17) is 0 Å². The third-order valence-corrected chi connectivity index (χ3v) is 6.13. The average Bonchev–Trinajstić information content (AvgIpc) is 2.84. The molecule has 0 bridgehead atoms. The second-order valence-electron chi connectivity index (χ2n) is 5.93. The number of aromatic nitrogens is 2. The molecule has 0 aliphatic rings. The number of nitrogens with one attached hydrogen (secondary N) is 1. The predicted octanol–water partition coefficient (Wildman–Crippen LogP) is 3.65. The Labute approximate surface area is 154 Å². The summed E-state index contributed by atoms with van der Waals surface area (Å²) in [6.07, 6.45) is 0. The summed E-state index contributed by atoms with van der Waals surface area (Å²) >= 11 is 2.79. The van der Waals surface area contributed by atoms with E-state index in [-0.39, 0.29) is 17.2 Å². The van der Waals surface area contributed by atoms with Gasteiger partial charge in [-0.2, -0.15) is 0 Å². The first kappa shape index (κ1) is 17.7. The minimum atomic E-state index is -0.122. The summed E-state index contributed by atoms with van der Waals surface area (Å²) in [4.78, 5) is 31.1. The summed E-state index contributed by atoms with van der Waals surface area (Å²) in [5, 5.41) is 4.10. The zero-order chi connectivity index (χ0) is 18.1. The number of anilines is 1. The van der Waals surface area contributed by atoms with Crippen LogP contribution in [0.15, 0.2) is 34.2 Å². The van der Waals surface area contributed by atoms with E-state index < -0.39 is 0 Å². The van der Waals surface area contributed by atoms with Crippen molar-refractivity contribution in [1.82, 2.24) is 9.55 Å². The van der Waals surface area contributed by atoms with Crippen LogP contribution in [-0.4, -0.2) is 21.2 Å². The van der Waals surface area contributed by atoms with Crippen LogP contribution in [0.3, 0.4) is 0 Å². The normalized spacial score (nSPS) is 11.0. The van der Waals surface area contributed by atoms with Gasteiger partial charge in [-0.15, -0.1) is 11.3 Å². The Balaban J connectivity index is 1.78. The van der Waals surface area contributed by atoms with Gasteiger partial charge in [0.2, 0.25) is 5.91 Å². The van der Waals surface area contributed by atoms with Gasteiger partial charge in [-0.05, 0) is 44.0 Å². The maximum Gasteiger partial charge on any atom is 0.262 e. The Kier molecular flexibility index (Phi) is 4.96. The van der Waals surface area contributed by atoms with Gasteiger partial charge in [0.15, 0.2) is 5.16 Å². The smallest absolute Gasteiger partial charge is 0.262 e. The number of aryl methyl sites for hydroxylation is 3. The van der Waals surface area contributed by atoms with E-state index in [1.54, 1.807) is 7.05 Å². The number of carbonyl (C=O) groups is 1. The molecule has 1 amide bonds. The van der Waals surface area contributed by atoms with Crippen molar-refractivity contribution in [1.29, 1.82) is 0 Å². The molecule has 0 aliphatic heterocycles. The number of hydrogen-bond acceptors (Lipinski definition) is 5. The molecule has 5 nitrogen and oxygen atoms in total. The summed E-state index contributed by atoms with van der Waals surface area (Å²) in [5.41, 5.74) is 2.78. The molecule has 0 spiro atoms. The molecular weight excluding hydrogens is 354 g/mol. The molecule has 0 fully saturated rings. The Hall–Kier alpha value is -2.12. The van der Waals surface area contributed by atoms with Crippen molar-refractivity contribution in [2.75, 3.05) is 11.1 Å². The van der Waals surface area contributed by atoms with Crippen LogP contribution in [0.1, 0.15) is 16.0 Å². The molecule has 0 atom stereocenters. The minimum absolute atomic E-state index is 0.0616. The number of carbonyl (C=O) groups excluding carboxylic acids is 1. The predicted molar refractivity (Wildman–Crippen MR) is 105 cm³/mol. The summed E-state index contributed by atoms with van der Waals surface area (Å²) in [6.45, 7) is 5.91. The van der Waals surface area contributed by atoms with E-state index in [0.717, 1.165) is 26.5 Å². The molecule has 1 N–H and O–H groups in total. The second-order valence-corrected chi connectivity index (χ2v) is 8.07. The molecule has 1 aromatic carbocycles. The fourth-order valence-corrected chi connectivity index (χ4v) is 4.38. The fraction of sp³-hybridized carbons (Fsp3) is 0.278. The lowest BCUT2D eigenvalue weighted by Gasteiger charge is -2.08. The lowest BCUT2D eigenvalue weighted by molar-refractivity contribution is -0.113. The first-order valence-electron chi connectivity index (χ1n) is 7.83. The van der Waals surface area contributed by atoms with Crippen molar-refractivity contribution in [2.24, 2.45) is 7.05 Å². The number of thiophene rings is 1. The molecule has 0 saturated heterocycles. The summed E-state index contributed by atoms with van der Waals surface area (Å²) in [6, 6.07) is 7.65. The van der Waals surface area contributed by atoms with Crippen LogP contribution in [0.4, 0.5) is 5.69 Å². The van der Waals surface area contributed by atoms with Gasteiger partial charge in [-0.25, -0.2) is 4.98 Å². The highest BCUT2D eigenvalue weighted by Crippen LogP contribution is 2.28. The van der Waals surface area contributed by atoms with Crippen molar-refractivity contribution < 1.29 is 4.79 Å². The van der Waals surface area contributed by atoms with Gasteiger partial charge in [0.1, 0.15) is 4.83 Å². The number of thioether (sulfide) groups is 1. The quantitative estimate of drug-likeness (QED) is 0.560. The molecular formula is C18H19N3O2S2. The van der Waals surface area contributed by atoms with Gasteiger partial charge in [-0.3, -0.25) is 14.2 Å². The summed E-state index contributed by atoms with van der Waals surface area (Å²) < 4.78 is 1.52. The van der Waals surface area contributed by atoms with Gasteiger partial charge in [-0.1, -0.05) is 23.9 Å². The van der Waals surface area contributed by atoms with Gasteiger partial charge in [0.25, 0.3) is 5.56 Å². The number of fused-ring (bicyclic) bond motifs is 1. The van der Waals surface area contributed by atoms with Crippen molar-refractivity contribution in [2.45, 2.75) is 25.9 Å². The summed E-state index contributed by atoms with van der Waals surface area (Å²) in [7, 11) is 1.70. The van der Waals surface area contributed by atoms with Crippen molar-refractivity contribution in [3.63, 3.8) is 0 Å². The first-order chi connectivity index (χ1) is 11.9. The third-order valence-electron chi connectivity index (χ3n) is 4.00.